The Morgan fingerprint density at radius 3 is 2.62 bits per heavy atom. The zero-order valence-corrected chi connectivity index (χ0v) is 15.7. The Bertz CT molecular complexity index is 1160. The Morgan fingerprint density at radius 2 is 1.79 bits per heavy atom. The monoisotopic (exact) mass is 389 g/mol. The number of carbonyl (C=O) groups excluding carboxylic acids is 2. The smallest absolute Gasteiger partial charge is 0.323 e. The molecule has 0 fully saturated rings. The molecule has 146 valence electrons. The lowest BCUT2D eigenvalue weighted by Gasteiger charge is -2.11. The molecular formula is C21H19N5O3. The number of anilines is 2. The molecule has 0 saturated carbocycles. The second kappa shape index (κ2) is 7.89. The third kappa shape index (κ3) is 3.96. The van der Waals surface area contributed by atoms with E-state index >= 15 is 0 Å². The van der Waals surface area contributed by atoms with E-state index in [1.165, 1.54) is 17.1 Å². The summed E-state index contributed by atoms with van der Waals surface area (Å²) in [6, 6.07) is 16.5. The molecule has 0 radical (unpaired) electrons. The van der Waals surface area contributed by atoms with Crippen LogP contribution in [0.1, 0.15) is 16.2 Å². The van der Waals surface area contributed by atoms with Crippen molar-refractivity contribution in [1.82, 2.24) is 15.1 Å². The number of furan rings is 1. The quantitative estimate of drug-likeness (QED) is 0.484. The van der Waals surface area contributed by atoms with Crippen molar-refractivity contribution in [2.45, 2.75) is 6.54 Å². The Hall–Kier alpha value is -4.07. The number of aryl methyl sites for hydroxylation is 1. The SMILES string of the molecule is Cn1ncc(NC(=O)Nc2cccc3ccccc23)c1C(=O)NCc1ccco1. The van der Waals surface area contributed by atoms with E-state index in [4.69, 9.17) is 4.42 Å². The summed E-state index contributed by atoms with van der Waals surface area (Å²) in [4.78, 5) is 25.1. The van der Waals surface area contributed by atoms with Gasteiger partial charge in [0.05, 0.1) is 30.4 Å². The molecule has 2 aromatic carbocycles. The number of nitrogens with one attached hydrogen (secondary N) is 3. The van der Waals surface area contributed by atoms with Crippen LogP contribution in [0.3, 0.4) is 0 Å². The lowest BCUT2D eigenvalue weighted by Crippen LogP contribution is -2.27. The van der Waals surface area contributed by atoms with Crippen molar-refractivity contribution in [2.24, 2.45) is 7.05 Å². The molecule has 0 aliphatic rings. The van der Waals surface area contributed by atoms with Crippen LogP contribution >= 0.6 is 0 Å². The third-order valence-corrected chi connectivity index (χ3v) is 4.44. The van der Waals surface area contributed by atoms with Gasteiger partial charge < -0.3 is 20.4 Å². The first-order valence-electron chi connectivity index (χ1n) is 9.00. The maximum Gasteiger partial charge on any atom is 0.323 e. The van der Waals surface area contributed by atoms with Crippen molar-refractivity contribution in [3.8, 4) is 0 Å². The normalized spacial score (nSPS) is 10.7. The van der Waals surface area contributed by atoms with Gasteiger partial charge in [0, 0.05) is 12.4 Å². The summed E-state index contributed by atoms with van der Waals surface area (Å²) in [5, 5.41) is 14.3. The number of carbonyl (C=O) groups is 2. The molecule has 8 nitrogen and oxygen atoms in total. The summed E-state index contributed by atoms with van der Waals surface area (Å²) in [6.07, 6.45) is 2.97. The Labute approximate surface area is 166 Å². The van der Waals surface area contributed by atoms with E-state index in [0.29, 0.717) is 17.1 Å². The minimum atomic E-state index is -0.463. The zero-order valence-electron chi connectivity index (χ0n) is 15.7. The molecule has 2 heterocycles. The zero-order chi connectivity index (χ0) is 20.2. The molecule has 4 aromatic rings. The van der Waals surface area contributed by atoms with Crippen LogP contribution in [0.4, 0.5) is 16.2 Å². The minimum absolute atomic E-state index is 0.235. The number of amides is 3. The van der Waals surface area contributed by atoms with E-state index in [0.717, 1.165) is 10.8 Å². The molecule has 0 unspecified atom stereocenters. The van der Waals surface area contributed by atoms with E-state index in [1.807, 2.05) is 42.5 Å². The fraction of sp³-hybridized carbons (Fsp3) is 0.0952. The topological polar surface area (TPSA) is 101 Å². The molecule has 8 heteroatoms. The van der Waals surface area contributed by atoms with E-state index < -0.39 is 6.03 Å². The highest BCUT2D eigenvalue weighted by Crippen LogP contribution is 2.23. The summed E-state index contributed by atoms with van der Waals surface area (Å²) in [5.74, 6) is 0.255. The van der Waals surface area contributed by atoms with Crippen LogP contribution in [0.5, 0.6) is 0 Å². The first kappa shape index (κ1) is 18.3. The highest BCUT2D eigenvalue weighted by molar-refractivity contribution is 6.08. The molecule has 3 amide bonds. The summed E-state index contributed by atoms with van der Waals surface area (Å²) in [5.41, 5.74) is 1.22. The van der Waals surface area contributed by atoms with Crippen molar-refractivity contribution in [3.63, 3.8) is 0 Å². The van der Waals surface area contributed by atoms with Gasteiger partial charge in [0.2, 0.25) is 0 Å². The van der Waals surface area contributed by atoms with Gasteiger partial charge in [-0.1, -0.05) is 36.4 Å². The molecule has 29 heavy (non-hydrogen) atoms. The van der Waals surface area contributed by atoms with Gasteiger partial charge in [-0.25, -0.2) is 4.79 Å². The number of hydrogen-bond donors (Lipinski definition) is 3. The highest BCUT2D eigenvalue weighted by Gasteiger charge is 2.19. The van der Waals surface area contributed by atoms with Gasteiger partial charge in [-0.15, -0.1) is 0 Å². The Kier molecular flexibility index (Phi) is 4.98. The fourth-order valence-electron chi connectivity index (χ4n) is 3.07. The Balaban J connectivity index is 1.48. The standard InChI is InChI=1S/C21H19N5O3/c1-26-19(20(27)22-12-15-8-5-11-29-15)18(13-23-26)25-21(28)24-17-10-4-7-14-6-2-3-9-16(14)17/h2-11,13H,12H2,1H3,(H,22,27)(H2,24,25,28). The summed E-state index contributed by atoms with van der Waals surface area (Å²) in [6.45, 7) is 0.235. The maximum atomic E-state index is 12.6. The minimum Gasteiger partial charge on any atom is -0.467 e. The average molecular weight is 389 g/mol. The predicted octanol–water partition coefficient (Wildman–Crippen LogP) is 3.74. The molecule has 0 saturated heterocycles. The molecule has 2 aromatic heterocycles. The second-order valence-electron chi connectivity index (χ2n) is 6.40. The fourth-order valence-corrected chi connectivity index (χ4v) is 3.07. The first-order valence-corrected chi connectivity index (χ1v) is 9.00. The predicted molar refractivity (Wildman–Crippen MR) is 110 cm³/mol. The van der Waals surface area contributed by atoms with Crippen LogP contribution in [-0.2, 0) is 13.6 Å². The number of hydrogen-bond acceptors (Lipinski definition) is 4. The third-order valence-electron chi connectivity index (χ3n) is 4.44. The number of nitrogens with zero attached hydrogens (tertiary/aromatic N) is 2. The van der Waals surface area contributed by atoms with Crippen molar-refractivity contribution in [3.05, 3.63) is 78.5 Å². The molecular weight excluding hydrogens is 370 g/mol. The largest absolute Gasteiger partial charge is 0.467 e. The number of benzene rings is 2. The maximum absolute atomic E-state index is 12.6. The molecule has 0 spiro atoms. The van der Waals surface area contributed by atoms with Crippen LogP contribution in [-0.4, -0.2) is 21.7 Å². The second-order valence-corrected chi connectivity index (χ2v) is 6.40. The van der Waals surface area contributed by atoms with Gasteiger partial charge in [0.15, 0.2) is 0 Å². The van der Waals surface area contributed by atoms with Gasteiger partial charge in [0.1, 0.15) is 11.5 Å². The summed E-state index contributed by atoms with van der Waals surface area (Å²) < 4.78 is 6.62. The van der Waals surface area contributed by atoms with Gasteiger partial charge in [-0.3, -0.25) is 9.48 Å². The summed E-state index contributed by atoms with van der Waals surface area (Å²) >= 11 is 0. The number of rotatable bonds is 5. The van der Waals surface area contributed by atoms with Gasteiger partial charge in [0.25, 0.3) is 5.91 Å². The van der Waals surface area contributed by atoms with E-state index in [1.54, 1.807) is 19.2 Å². The number of fused-ring (bicyclic) bond motifs is 1. The highest BCUT2D eigenvalue weighted by atomic mass is 16.3. The van der Waals surface area contributed by atoms with Crippen molar-refractivity contribution >= 4 is 34.1 Å². The molecule has 0 aliphatic carbocycles. The molecule has 0 bridgehead atoms. The summed E-state index contributed by atoms with van der Waals surface area (Å²) in [7, 11) is 1.63. The lowest BCUT2D eigenvalue weighted by atomic mass is 10.1. The molecule has 0 atom stereocenters. The number of aromatic nitrogens is 2. The van der Waals surface area contributed by atoms with Crippen LogP contribution < -0.4 is 16.0 Å². The van der Waals surface area contributed by atoms with Gasteiger partial charge in [-0.05, 0) is 23.6 Å². The average Bonchev–Trinajstić information content (AvgIpc) is 3.36. The Morgan fingerprint density at radius 1 is 1.00 bits per heavy atom. The van der Waals surface area contributed by atoms with Crippen LogP contribution in [0.2, 0.25) is 0 Å². The van der Waals surface area contributed by atoms with Crippen LogP contribution in [0.15, 0.2) is 71.5 Å². The first-order chi connectivity index (χ1) is 14.1. The van der Waals surface area contributed by atoms with Crippen molar-refractivity contribution in [1.29, 1.82) is 0 Å². The van der Waals surface area contributed by atoms with Crippen molar-refractivity contribution < 1.29 is 14.0 Å². The van der Waals surface area contributed by atoms with Crippen LogP contribution in [0.25, 0.3) is 10.8 Å². The van der Waals surface area contributed by atoms with E-state index in [2.05, 4.69) is 21.0 Å². The van der Waals surface area contributed by atoms with E-state index in [-0.39, 0.29) is 18.1 Å². The molecule has 0 aliphatic heterocycles. The van der Waals surface area contributed by atoms with Crippen molar-refractivity contribution in [2.75, 3.05) is 10.6 Å². The molecule has 3 N–H and O–H groups in total. The van der Waals surface area contributed by atoms with Gasteiger partial charge in [-0.2, -0.15) is 5.10 Å². The lowest BCUT2D eigenvalue weighted by molar-refractivity contribution is 0.0939. The van der Waals surface area contributed by atoms with Crippen LogP contribution in [0, 0.1) is 0 Å². The van der Waals surface area contributed by atoms with Gasteiger partial charge >= 0.3 is 6.03 Å². The number of urea groups is 1. The van der Waals surface area contributed by atoms with E-state index in [9.17, 15) is 9.59 Å². The molecule has 4 rings (SSSR count).